The zero-order valence-electron chi connectivity index (χ0n) is 12.5. The molecule has 0 amide bonds. The Hall–Kier alpha value is -0.860. The van der Waals surface area contributed by atoms with E-state index in [1.54, 1.807) is 7.11 Å². The summed E-state index contributed by atoms with van der Waals surface area (Å²) in [7, 11) is 1.78. The first-order valence-corrected chi connectivity index (χ1v) is 7.41. The van der Waals surface area contributed by atoms with Gasteiger partial charge in [-0.25, -0.2) is 0 Å². The highest BCUT2D eigenvalue weighted by atomic mass is 16.5. The molecule has 0 radical (unpaired) electrons. The van der Waals surface area contributed by atoms with Crippen LogP contribution >= 0.6 is 0 Å². The van der Waals surface area contributed by atoms with Gasteiger partial charge in [-0.2, -0.15) is 0 Å². The Bertz CT molecular complexity index is 364. The number of nitrogens with one attached hydrogen (secondary N) is 1. The molecule has 1 N–H and O–H groups in total. The van der Waals surface area contributed by atoms with Crippen molar-refractivity contribution in [3.63, 3.8) is 0 Å². The second-order valence-corrected chi connectivity index (χ2v) is 6.52. The van der Waals surface area contributed by atoms with Crippen LogP contribution in [0.3, 0.4) is 0 Å². The van der Waals surface area contributed by atoms with Gasteiger partial charge in [-0.3, -0.25) is 0 Å². The Balaban J connectivity index is 1.94. The van der Waals surface area contributed by atoms with Gasteiger partial charge < -0.3 is 10.1 Å². The summed E-state index contributed by atoms with van der Waals surface area (Å²) >= 11 is 0. The first-order valence-electron chi connectivity index (χ1n) is 7.41. The number of rotatable bonds is 5. The summed E-state index contributed by atoms with van der Waals surface area (Å²) in [6.45, 7) is 5.50. The normalized spacial score (nSPS) is 21.2. The zero-order chi connectivity index (χ0) is 13.7. The van der Waals surface area contributed by atoms with E-state index in [-0.39, 0.29) is 0 Å². The van der Waals surface area contributed by atoms with Crippen LogP contribution in [-0.2, 0) is 4.74 Å². The molecule has 0 aromatic heterocycles. The number of hydrogen-bond donors (Lipinski definition) is 1. The van der Waals surface area contributed by atoms with E-state index in [0.717, 1.165) is 6.61 Å². The SMILES string of the molecule is COCC(NC1CCC(C)(C)CC1)c1ccccc1. The first kappa shape index (κ1) is 14.5. The molecular weight excluding hydrogens is 234 g/mol. The molecule has 2 nitrogen and oxygen atoms in total. The standard InChI is InChI=1S/C17H27NO/c1-17(2)11-9-15(10-12-17)18-16(13-19-3)14-7-5-4-6-8-14/h4-8,15-16,18H,9-13H2,1-3H3. The molecule has 1 aliphatic carbocycles. The van der Waals surface area contributed by atoms with Crippen molar-refractivity contribution >= 4 is 0 Å². The molecule has 106 valence electrons. The largest absolute Gasteiger partial charge is 0.383 e. The number of ether oxygens (including phenoxy) is 1. The summed E-state index contributed by atoms with van der Waals surface area (Å²) in [5.41, 5.74) is 1.86. The molecule has 1 unspecified atom stereocenters. The fraction of sp³-hybridized carbons (Fsp3) is 0.647. The lowest BCUT2D eigenvalue weighted by molar-refractivity contribution is 0.142. The number of hydrogen-bond acceptors (Lipinski definition) is 2. The summed E-state index contributed by atoms with van der Waals surface area (Å²) in [6.07, 6.45) is 5.19. The maximum Gasteiger partial charge on any atom is 0.0657 e. The van der Waals surface area contributed by atoms with Crippen LogP contribution in [-0.4, -0.2) is 19.8 Å². The fourth-order valence-electron chi connectivity index (χ4n) is 2.94. The van der Waals surface area contributed by atoms with Crippen molar-refractivity contribution in [2.45, 2.75) is 51.6 Å². The molecule has 0 spiro atoms. The Kier molecular flexibility index (Phi) is 5.00. The fourth-order valence-corrected chi connectivity index (χ4v) is 2.94. The Morgan fingerprint density at radius 3 is 2.42 bits per heavy atom. The van der Waals surface area contributed by atoms with E-state index in [0.29, 0.717) is 17.5 Å². The number of benzene rings is 1. The van der Waals surface area contributed by atoms with Crippen molar-refractivity contribution in [2.24, 2.45) is 5.41 Å². The maximum absolute atomic E-state index is 5.38. The lowest BCUT2D eigenvalue weighted by atomic mass is 9.75. The third-order valence-electron chi connectivity index (χ3n) is 4.31. The summed E-state index contributed by atoms with van der Waals surface area (Å²) < 4.78 is 5.38. The van der Waals surface area contributed by atoms with E-state index in [4.69, 9.17) is 4.74 Å². The van der Waals surface area contributed by atoms with Crippen LogP contribution in [0.25, 0.3) is 0 Å². The average molecular weight is 261 g/mol. The van der Waals surface area contributed by atoms with Crippen LogP contribution in [0.4, 0.5) is 0 Å². The van der Waals surface area contributed by atoms with Gasteiger partial charge >= 0.3 is 0 Å². The monoisotopic (exact) mass is 261 g/mol. The van der Waals surface area contributed by atoms with E-state index in [1.807, 2.05) is 0 Å². The molecule has 2 heteroatoms. The van der Waals surface area contributed by atoms with E-state index < -0.39 is 0 Å². The molecule has 1 saturated carbocycles. The molecule has 2 rings (SSSR count). The molecule has 1 aromatic rings. The van der Waals surface area contributed by atoms with Gasteiger partial charge in [-0.15, -0.1) is 0 Å². The van der Waals surface area contributed by atoms with E-state index >= 15 is 0 Å². The van der Waals surface area contributed by atoms with Gasteiger partial charge in [0.25, 0.3) is 0 Å². The minimum Gasteiger partial charge on any atom is -0.383 e. The third kappa shape index (κ3) is 4.32. The van der Waals surface area contributed by atoms with Crippen molar-refractivity contribution in [1.29, 1.82) is 0 Å². The van der Waals surface area contributed by atoms with Gasteiger partial charge in [0.15, 0.2) is 0 Å². The topological polar surface area (TPSA) is 21.3 Å². The first-order chi connectivity index (χ1) is 9.11. The second kappa shape index (κ2) is 6.53. The Morgan fingerprint density at radius 1 is 1.21 bits per heavy atom. The van der Waals surface area contributed by atoms with Gasteiger partial charge in [-0.05, 0) is 36.7 Å². The second-order valence-electron chi connectivity index (χ2n) is 6.52. The van der Waals surface area contributed by atoms with E-state index in [1.165, 1.54) is 31.2 Å². The van der Waals surface area contributed by atoms with Crippen molar-refractivity contribution in [3.05, 3.63) is 35.9 Å². The highest BCUT2D eigenvalue weighted by molar-refractivity contribution is 5.19. The molecule has 0 saturated heterocycles. The Morgan fingerprint density at radius 2 is 1.84 bits per heavy atom. The maximum atomic E-state index is 5.38. The van der Waals surface area contributed by atoms with Crippen molar-refractivity contribution in [2.75, 3.05) is 13.7 Å². The van der Waals surface area contributed by atoms with E-state index in [2.05, 4.69) is 49.5 Å². The van der Waals surface area contributed by atoms with Crippen molar-refractivity contribution in [3.8, 4) is 0 Å². The van der Waals surface area contributed by atoms with Crippen molar-refractivity contribution < 1.29 is 4.74 Å². The smallest absolute Gasteiger partial charge is 0.0657 e. The summed E-state index contributed by atoms with van der Waals surface area (Å²) in [5, 5.41) is 3.79. The van der Waals surface area contributed by atoms with Gasteiger partial charge in [0.2, 0.25) is 0 Å². The van der Waals surface area contributed by atoms with Crippen LogP contribution in [0.1, 0.15) is 51.1 Å². The molecule has 1 fully saturated rings. The van der Waals surface area contributed by atoms with E-state index in [9.17, 15) is 0 Å². The quantitative estimate of drug-likeness (QED) is 0.867. The lowest BCUT2D eigenvalue weighted by Gasteiger charge is -2.36. The van der Waals surface area contributed by atoms with Gasteiger partial charge in [0.1, 0.15) is 0 Å². The highest BCUT2D eigenvalue weighted by Gasteiger charge is 2.28. The molecule has 1 atom stereocenters. The molecule has 0 heterocycles. The van der Waals surface area contributed by atoms with Crippen LogP contribution in [0.15, 0.2) is 30.3 Å². The summed E-state index contributed by atoms with van der Waals surface area (Å²) in [6, 6.07) is 11.6. The van der Waals surface area contributed by atoms with Crippen LogP contribution < -0.4 is 5.32 Å². The molecule has 1 aromatic carbocycles. The number of methoxy groups -OCH3 is 1. The van der Waals surface area contributed by atoms with Gasteiger partial charge in [-0.1, -0.05) is 44.2 Å². The zero-order valence-corrected chi connectivity index (χ0v) is 12.5. The molecule has 19 heavy (non-hydrogen) atoms. The van der Waals surface area contributed by atoms with Gasteiger partial charge in [0.05, 0.1) is 12.6 Å². The molecular formula is C17H27NO. The average Bonchev–Trinajstić information content (AvgIpc) is 2.41. The minimum atomic E-state index is 0.317. The molecule has 1 aliphatic rings. The van der Waals surface area contributed by atoms with Crippen LogP contribution in [0.2, 0.25) is 0 Å². The predicted octanol–water partition coefficient (Wildman–Crippen LogP) is 3.93. The summed E-state index contributed by atoms with van der Waals surface area (Å²) in [5.74, 6) is 0. The molecule has 0 aliphatic heterocycles. The van der Waals surface area contributed by atoms with Crippen LogP contribution in [0.5, 0.6) is 0 Å². The minimum absolute atomic E-state index is 0.317. The lowest BCUT2D eigenvalue weighted by Crippen LogP contribution is -2.39. The third-order valence-corrected chi connectivity index (χ3v) is 4.31. The molecule has 0 bridgehead atoms. The highest BCUT2D eigenvalue weighted by Crippen LogP contribution is 2.35. The summed E-state index contributed by atoms with van der Waals surface area (Å²) in [4.78, 5) is 0. The van der Waals surface area contributed by atoms with Crippen molar-refractivity contribution in [1.82, 2.24) is 5.32 Å². The Labute approximate surface area is 117 Å². The predicted molar refractivity (Wildman–Crippen MR) is 80.2 cm³/mol. The van der Waals surface area contributed by atoms with Gasteiger partial charge in [0, 0.05) is 13.2 Å². The van der Waals surface area contributed by atoms with Crippen LogP contribution in [0, 0.1) is 5.41 Å².